The Kier molecular flexibility index (Phi) is 7.00. The zero-order valence-corrected chi connectivity index (χ0v) is 16.2. The summed E-state index contributed by atoms with van der Waals surface area (Å²) < 4.78 is 12.2. The van der Waals surface area contributed by atoms with Crippen LogP contribution in [0.5, 0.6) is 11.5 Å². The van der Waals surface area contributed by atoms with E-state index in [0.29, 0.717) is 23.8 Å². The van der Waals surface area contributed by atoms with Crippen LogP contribution in [0.25, 0.3) is 11.3 Å². The molecule has 3 rings (SSSR count). The molecule has 0 spiro atoms. The summed E-state index contributed by atoms with van der Waals surface area (Å²) in [6.07, 6.45) is 0. The van der Waals surface area contributed by atoms with Crippen molar-refractivity contribution in [2.24, 2.45) is 0 Å². The Morgan fingerprint density at radius 2 is 1.76 bits per heavy atom. The van der Waals surface area contributed by atoms with Gasteiger partial charge in [-0.15, -0.1) is 0 Å². The van der Waals surface area contributed by atoms with Gasteiger partial charge in [-0.25, -0.2) is 4.68 Å². The number of hydrogen-bond donors (Lipinski definition) is 1. The molecule has 29 heavy (non-hydrogen) atoms. The Balaban J connectivity index is 1.50. The minimum atomic E-state index is -0.279. The summed E-state index contributed by atoms with van der Waals surface area (Å²) in [6, 6.07) is 19.9. The van der Waals surface area contributed by atoms with Crippen LogP contribution in [0.4, 0.5) is 0 Å². The minimum absolute atomic E-state index is 0.123. The van der Waals surface area contributed by atoms with E-state index in [1.54, 1.807) is 24.3 Å². The molecule has 2 aromatic carbocycles. The van der Waals surface area contributed by atoms with Gasteiger partial charge in [0.15, 0.2) is 6.61 Å². The number of amides is 1. The normalized spacial score (nSPS) is 10.4. The van der Waals surface area contributed by atoms with Crippen LogP contribution in [0, 0.1) is 0 Å². The molecule has 7 heteroatoms. The van der Waals surface area contributed by atoms with E-state index in [0.717, 1.165) is 5.56 Å². The highest BCUT2D eigenvalue weighted by Crippen LogP contribution is 2.19. The van der Waals surface area contributed by atoms with Gasteiger partial charge in [0.25, 0.3) is 11.5 Å². The summed E-state index contributed by atoms with van der Waals surface area (Å²) >= 11 is 0. The number of benzene rings is 2. The molecule has 1 aromatic heterocycles. The van der Waals surface area contributed by atoms with E-state index >= 15 is 0 Å². The van der Waals surface area contributed by atoms with Crippen LogP contribution in [-0.4, -0.2) is 35.4 Å². The van der Waals surface area contributed by atoms with Gasteiger partial charge in [0.2, 0.25) is 0 Å². The molecule has 7 nitrogen and oxygen atoms in total. The van der Waals surface area contributed by atoms with Crippen LogP contribution in [0.1, 0.15) is 6.92 Å². The van der Waals surface area contributed by atoms with Crippen LogP contribution < -0.4 is 20.3 Å². The molecule has 0 atom stereocenters. The number of carbonyl (C=O) groups is 1. The summed E-state index contributed by atoms with van der Waals surface area (Å²) in [4.78, 5) is 24.0. The standard InChI is InChI=1S/C22H23N3O4/c1-2-28-18-9-6-10-19(15-18)29-16-21(26)23-13-14-25-22(27)12-11-20(24-25)17-7-4-3-5-8-17/h3-12,15H,2,13-14,16H2,1H3,(H,23,26). The predicted molar refractivity (Wildman–Crippen MR) is 110 cm³/mol. The average molecular weight is 393 g/mol. The van der Waals surface area contributed by atoms with Gasteiger partial charge in [-0.05, 0) is 25.1 Å². The second-order valence-corrected chi connectivity index (χ2v) is 6.19. The lowest BCUT2D eigenvalue weighted by Gasteiger charge is -2.10. The van der Waals surface area contributed by atoms with Crippen molar-refractivity contribution in [1.82, 2.24) is 15.1 Å². The van der Waals surface area contributed by atoms with Gasteiger partial charge < -0.3 is 14.8 Å². The van der Waals surface area contributed by atoms with Crippen LogP contribution in [0.15, 0.2) is 71.5 Å². The largest absolute Gasteiger partial charge is 0.494 e. The molecule has 0 bridgehead atoms. The van der Waals surface area contributed by atoms with E-state index in [2.05, 4.69) is 10.4 Å². The van der Waals surface area contributed by atoms with Crippen molar-refractivity contribution in [2.75, 3.05) is 19.8 Å². The van der Waals surface area contributed by atoms with Gasteiger partial charge in [-0.2, -0.15) is 5.10 Å². The average Bonchev–Trinajstić information content (AvgIpc) is 2.75. The fourth-order valence-corrected chi connectivity index (χ4v) is 2.69. The molecule has 0 saturated heterocycles. The Bertz CT molecular complexity index is 1000. The smallest absolute Gasteiger partial charge is 0.266 e. The van der Waals surface area contributed by atoms with Crippen molar-refractivity contribution in [3.05, 3.63) is 77.1 Å². The van der Waals surface area contributed by atoms with Crippen molar-refractivity contribution >= 4 is 5.91 Å². The number of nitrogens with one attached hydrogen (secondary N) is 1. The maximum Gasteiger partial charge on any atom is 0.266 e. The third kappa shape index (κ3) is 5.93. The molecule has 1 heterocycles. The van der Waals surface area contributed by atoms with Gasteiger partial charge >= 0.3 is 0 Å². The number of nitrogens with zero attached hydrogens (tertiary/aromatic N) is 2. The van der Waals surface area contributed by atoms with Crippen molar-refractivity contribution in [1.29, 1.82) is 0 Å². The van der Waals surface area contributed by atoms with Crippen molar-refractivity contribution in [3.63, 3.8) is 0 Å². The molecule has 0 aliphatic carbocycles. The fraction of sp³-hybridized carbons (Fsp3) is 0.227. The third-order valence-corrected chi connectivity index (χ3v) is 4.07. The number of aromatic nitrogens is 2. The molecule has 0 radical (unpaired) electrons. The topological polar surface area (TPSA) is 82.4 Å². The van der Waals surface area contributed by atoms with E-state index in [9.17, 15) is 9.59 Å². The number of carbonyl (C=O) groups excluding carboxylic acids is 1. The Morgan fingerprint density at radius 1 is 1.00 bits per heavy atom. The molecular formula is C22H23N3O4. The molecule has 0 fully saturated rings. The lowest BCUT2D eigenvalue weighted by atomic mass is 10.1. The second kappa shape index (κ2) is 10.1. The minimum Gasteiger partial charge on any atom is -0.494 e. The monoisotopic (exact) mass is 393 g/mol. The van der Waals surface area contributed by atoms with Crippen LogP contribution in [0.3, 0.4) is 0 Å². The van der Waals surface area contributed by atoms with E-state index in [4.69, 9.17) is 9.47 Å². The van der Waals surface area contributed by atoms with Crippen molar-refractivity contribution in [3.8, 4) is 22.8 Å². The predicted octanol–water partition coefficient (Wildman–Crippen LogP) is 2.50. The molecule has 0 saturated carbocycles. The third-order valence-electron chi connectivity index (χ3n) is 4.07. The summed E-state index contributed by atoms with van der Waals surface area (Å²) in [7, 11) is 0. The molecule has 150 valence electrons. The zero-order valence-electron chi connectivity index (χ0n) is 16.2. The molecule has 0 aliphatic heterocycles. The summed E-state index contributed by atoms with van der Waals surface area (Å²) in [5.41, 5.74) is 1.41. The van der Waals surface area contributed by atoms with Crippen molar-refractivity contribution < 1.29 is 14.3 Å². The Hall–Kier alpha value is -3.61. The molecule has 1 N–H and O–H groups in total. The molecule has 0 aliphatic rings. The molecular weight excluding hydrogens is 370 g/mol. The highest BCUT2D eigenvalue weighted by Gasteiger charge is 2.06. The second-order valence-electron chi connectivity index (χ2n) is 6.19. The Morgan fingerprint density at radius 3 is 2.52 bits per heavy atom. The summed E-state index contributed by atoms with van der Waals surface area (Å²) in [5.74, 6) is 0.966. The fourth-order valence-electron chi connectivity index (χ4n) is 2.69. The van der Waals surface area contributed by atoms with Gasteiger partial charge in [-0.3, -0.25) is 9.59 Å². The van der Waals surface area contributed by atoms with Gasteiger partial charge in [-0.1, -0.05) is 36.4 Å². The van der Waals surface area contributed by atoms with E-state index < -0.39 is 0 Å². The zero-order chi connectivity index (χ0) is 20.5. The van der Waals surface area contributed by atoms with Crippen molar-refractivity contribution in [2.45, 2.75) is 13.5 Å². The van der Waals surface area contributed by atoms with Gasteiger partial charge in [0, 0.05) is 24.2 Å². The maximum atomic E-state index is 12.0. The Labute approximate surface area is 168 Å². The van der Waals surface area contributed by atoms with Crippen LogP contribution >= 0.6 is 0 Å². The molecule has 0 unspecified atom stereocenters. The summed E-state index contributed by atoms with van der Waals surface area (Å²) in [6.45, 7) is 2.87. The van der Waals surface area contributed by atoms with Crippen LogP contribution in [-0.2, 0) is 11.3 Å². The quantitative estimate of drug-likeness (QED) is 0.604. The number of hydrogen-bond acceptors (Lipinski definition) is 5. The lowest BCUT2D eigenvalue weighted by Crippen LogP contribution is -2.34. The van der Waals surface area contributed by atoms with E-state index in [1.807, 2.05) is 43.3 Å². The molecule has 1 amide bonds. The van der Waals surface area contributed by atoms with Crippen LogP contribution in [0.2, 0.25) is 0 Å². The lowest BCUT2D eigenvalue weighted by molar-refractivity contribution is -0.123. The molecule has 3 aromatic rings. The first kappa shape index (κ1) is 20.1. The first-order valence-electron chi connectivity index (χ1n) is 9.41. The number of rotatable bonds is 9. The first-order chi connectivity index (χ1) is 14.2. The maximum absolute atomic E-state index is 12.0. The highest BCUT2D eigenvalue weighted by molar-refractivity contribution is 5.77. The van der Waals surface area contributed by atoms with E-state index in [1.165, 1.54) is 10.7 Å². The SMILES string of the molecule is CCOc1cccc(OCC(=O)NCCn2nc(-c3ccccc3)ccc2=O)c1. The van der Waals surface area contributed by atoms with Gasteiger partial charge in [0.05, 0.1) is 18.8 Å². The first-order valence-corrected chi connectivity index (χ1v) is 9.41. The highest BCUT2D eigenvalue weighted by atomic mass is 16.5. The van der Waals surface area contributed by atoms with E-state index in [-0.39, 0.29) is 31.2 Å². The summed E-state index contributed by atoms with van der Waals surface area (Å²) in [5, 5.41) is 7.10. The number of ether oxygens (including phenoxy) is 2. The van der Waals surface area contributed by atoms with Gasteiger partial charge in [0.1, 0.15) is 11.5 Å².